The van der Waals surface area contributed by atoms with Gasteiger partial charge in [0.1, 0.15) is 11.5 Å². The number of carbonyl (C=O) groups excluding carboxylic acids is 1. The highest BCUT2D eigenvalue weighted by Gasteiger charge is 2.34. The van der Waals surface area contributed by atoms with Crippen LogP contribution in [0.2, 0.25) is 0 Å². The topological polar surface area (TPSA) is 62.8 Å². The molecule has 1 amide bonds. The average Bonchev–Trinajstić information content (AvgIpc) is 3.26. The number of benzene rings is 1. The Morgan fingerprint density at radius 3 is 2.43 bits per heavy atom. The minimum absolute atomic E-state index is 0.237. The number of nitrogens with one attached hydrogen (secondary N) is 2. The summed E-state index contributed by atoms with van der Waals surface area (Å²) in [5.41, 5.74) is 1.17. The molecule has 0 spiro atoms. The van der Waals surface area contributed by atoms with E-state index in [1.807, 2.05) is 6.07 Å². The molecule has 3 aliphatic heterocycles. The number of likely N-dealkylation sites (tertiary alicyclic amines) is 1. The first-order chi connectivity index (χ1) is 13.6. The predicted octanol–water partition coefficient (Wildman–Crippen LogP) is 2.32. The van der Waals surface area contributed by atoms with Crippen LogP contribution in [0.3, 0.4) is 0 Å². The lowest BCUT2D eigenvalue weighted by atomic mass is 9.89. The molecule has 2 bridgehead atoms. The lowest BCUT2D eigenvalue weighted by molar-refractivity contribution is -0.122. The molecule has 2 N–H and O–H groups in total. The predicted molar refractivity (Wildman–Crippen MR) is 109 cm³/mol. The van der Waals surface area contributed by atoms with Crippen LogP contribution in [0.4, 0.5) is 0 Å². The number of nitrogens with zero attached hydrogens (tertiary/aromatic N) is 1. The summed E-state index contributed by atoms with van der Waals surface area (Å²) in [6, 6.07) is 7.57. The molecule has 0 aromatic heterocycles. The number of carbonyl (C=O) groups is 1. The molecular formula is C22H33N3O3. The molecule has 3 fully saturated rings. The van der Waals surface area contributed by atoms with Gasteiger partial charge in [-0.3, -0.25) is 9.69 Å². The largest absolute Gasteiger partial charge is 0.497 e. The van der Waals surface area contributed by atoms with E-state index in [0.717, 1.165) is 37.6 Å². The van der Waals surface area contributed by atoms with E-state index in [2.05, 4.69) is 27.7 Å². The molecule has 0 radical (unpaired) electrons. The number of amides is 1. The van der Waals surface area contributed by atoms with E-state index < -0.39 is 0 Å². The Hall–Kier alpha value is -1.79. The first kappa shape index (κ1) is 19.5. The van der Waals surface area contributed by atoms with Crippen LogP contribution in [0.25, 0.3) is 0 Å². The van der Waals surface area contributed by atoms with Gasteiger partial charge in [0, 0.05) is 50.2 Å². The van der Waals surface area contributed by atoms with Gasteiger partial charge in [0.05, 0.1) is 14.2 Å². The Balaban J connectivity index is 1.24. The summed E-state index contributed by atoms with van der Waals surface area (Å²) in [5, 5.41) is 6.94. The average molecular weight is 388 g/mol. The van der Waals surface area contributed by atoms with Gasteiger partial charge in [-0.15, -0.1) is 0 Å². The SMILES string of the molecule is COc1cc(CN2CCC(NC(=O)CC3CC4CCC(C3)N4)C2)cc(OC)c1. The van der Waals surface area contributed by atoms with Crippen LogP contribution in [0.15, 0.2) is 18.2 Å². The summed E-state index contributed by atoms with van der Waals surface area (Å²) < 4.78 is 10.7. The molecule has 4 rings (SSSR count). The lowest BCUT2D eigenvalue weighted by Gasteiger charge is -2.29. The van der Waals surface area contributed by atoms with Gasteiger partial charge in [0.15, 0.2) is 0 Å². The van der Waals surface area contributed by atoms with Gasteiger partial charge in [-0.05, 0) is 55.7 Å². The van der Waals surface area contributed by atoms with Crippen molar-refractivity contribution >= 4 is 5.91 Å². The van der Waals surface area contributed by atoms with Crippen molar-refractivity contribution < 1.29 is 14.3 Å². The van der Waals surface area contributed by atoms with Crippen LogP contribution in [-0.4, -0.2) is 56.2 Å². The standard InChI is InChI=1S/C22H33N3O3/c1-27-20-9-16(10-21(12-20)28-2)13-25-6-5-19(14-25)24-22(26)11-15-7-17-3-4-18(8-15)23-17/h9-10,12,15,17-19,23H,3-8,11,13-14H2,1-2H3,(H,24,26). The molecule has 0 aliphatic carbocycles. The van der Waals surface area contributed by atoms with E-state index in [0.29, 0.717) is 24.4 Å². The van der Waals surface area contributed by atoms with Gasteiger partial charge in [-0.2, -0.15) is 0 Å². The van der Waals surface area contributed by atoms with E-state index in [-0.39, 0.29) is 11.9 Å². The Morgan fingerprint density at radius 2 is 1.79 bits per heavy atom. The van der Waals surface area contributed by atoms with Crippen LogP contribution in [0.5, 0.6) is 11.5 Å². The first-order valence-corrected chi connectivity index (χ1v) is 10.6. The van der Waals surface area contributed by atoms with Crippen molar-refractivity contribution in [3.63, 3.8) is 0 Å². The van der Waals surface area contributed by atoms with Crippen LogP contribution >= 0.6 is 0 Å². The van der Waals surface area contributed by atoms with Gasteiger partial charge in [0.25, 0.3) is 0 Å². The second-order valence-corrected chi connectivity index (χ2v) is 8.69. The monoisotopic (exact) mass is 387 g/mol. The van der Waals surface area contributed by atoms with Crippen LogP contribution in [-0.2, 0) is 11.3 Å². The molecule has 1 aromatic carbocycles. The summed E-state index contributed by atoms with van der Waals surface area (Å²) in [7, 11) is 3.35. The maximum absolute atomic E-state index is 12.5. The minimum atomic E-state index is 0.237. The smallest absolute Gasteiger partial charge is 0.220 e. The van der Waals surface area contributed by atoms with Crippen molar-refractivity contribution in [2.24, 2.45) is 5.92 Å². The third-order valence-electron chi connectivity index (χ3n) is 6.50. The highest BCUT2D eigenvalue weighted by Crippen LogP contribution is 2.32. The van der Waals surface area contributed by atoms with E-state index in [4.69, 9.17) is 9.47 Å². The van der Waals surface area contributed by atoms with Crippen molar-refractivity contribution in [3.8, 4) is 11.5 Å². The molecule has 3 unspecified atom stereocenters. The van der Waals surface area contributed by atoms with E-state index >= 15 is 0 Å². The highest BCUT2D eigenvalue weighted by atomic mass is 16.5. The Kier molecular flexibility index (Phi) is 6.07. The number of rotatable bonds is 7. The van der Waals surface area contributed by atoms with Crippen molar-refractivity contribution in [1.29, 1.82) is 0 Å². The van der Waals surface area contributed by atoms with E-state index in [9.17, 15) is 4.79 Å². The van der Waals surface area contributed by atoms with Gasteiger partial charge >= 0.3 is 0 Å². The molecule has 3 aliphatic rings. The summed E-state index contributed by atoms with van der Waals surface area (Å²) in [4.78, 5) is 14.9. The highest BCUT2D eigenvalue weighted by molar-refractivity contribution is 5.76. The fraction of sp³-hybridized carbons (Fsp3) is 0.682. The van der Waals surface area contributed by atoms with E-state index in [1.54, 1.807) is 14.2 Å². The van der Waals surface area contributed by atoms with Crippen molar-refractivity contribution in [2.45, 2.75) is 63.2 Å². The molecule has 6 nitrogen and oxygen atoms in total. The number of piperidine rings is 1. The zero-order valence-electron chi connectivity index (χ0n) is 17.1. The Labute approximate surface area is 168 Å². The van der Waals surface area contributed by atoms with Crippen LogP contribution in [0, 0.1) is 5.92 Å². The summed E-state index contributed by atoms with van der Waals surface area (Å²) >= 11 is 0. The first-order valence-electron chi connectivity index (χ1n) is 10.6. The zero-order valence-corrected chi connectivity index (χ0v) is 17.1. The molecule has 28 heavy (non-hydrogen) atoms. The summed E-state index contributed by atoms with van der Waals surface area (Å²) in [6.45, 7) is 2.75. The van der Waals surface area contributed by atoms with Gasteiger partial charge < -0.3 is 20.1 Å². The molecule has 3 saturated heterocycles. The second kappa shape index (κ2) is 8.70. The molecule has 6 heteroatoms. The molecule has 3 atom stereocenters. The quantitative estimate of drug-likeness (QED) is 0.752. The molecule has 154 valence electrons. The van der Waals surface area contributed by atoms with E-state index in [1.165, 1.54) is 31.2 Å². The molecule has 0 saturated carbocycles. The van der Waals surface area contributed by atoms with Gasteiger partial charge in [-0.1, -0.05) is 0 Å². The molecular weight excluding hydrogens is 354 g/mol. The van der Waals surface area contributed by atoms with Gasteiger partial charge in [-0.25, -0.2) is 0 Å². The zero-order chi connectivity index (χ0) is 19.5. The van der Waals surface area contributed by atoms with Crippen LogP contribution < -0.4 is 20.1 Å². The van der Waals surface area contributed by atoms with Crippen molar-refractivity contribution in [1.82, 2.24) is 15.5 Å². The maximum Gasteiger partial charge on any atom is 0.220 e. The fourth-order valence-corrected chi connectivity index (χ4v) is 5.20. The number of ether oxygens (including phenoxy) is 2. The third-order valence-corrected chi connectivity index (χ3v) is 6.50. The lowest BCUT2D eigenvalue weighted by Crippen LogP contribution is -2.42. The summed E-state index contributed by atoms with van der Waals surface area (Å²) in [5.74, 6) is 2.42. The van der Waals surface area contributed by atoms with Crippen molar-refractivity contribution in [3.05, 3.63) is 23.8 Å². The van der Waals surface area contributed by atoms with Crippen molar-refractivity contribution in [2.75, 3.05) is 27.3 Å². The number of fused-ring (bicyclic) bond motifs is 2. The Bertz CT molecular complexity index is 661. The minimum Gasteiger partial charge on any atom is -0.497 e. The number of hydrogen-bond acceptors (Lipinski definition) is 5. The fourth-order valence-electron chi connectivity index (χ4n) is 5.20. The maximum atomic E-state index is 12.5. The summed E-state index contributed by atoms with van der Waals surface area (Å²) in [6.07, 6.45) is 6.62. The molecule has 3 heterocycles. The third kappa shape index (κ3) is 4.78. The van der Waals surface area contributed by atoms with Gasteiger partial charge in [0.2, 0.25) is 5.91 Å². The second-order valence-electron chi connectivity index (χ2n) is 8.69. The molecule has 1 aromatic rings. The Morgan fingerprint density at radius 1 is 1.11 bits per heavy atom. The van der Waals surface area contributed by atoms with Crippen LogP contribution in [0.1, 0.15) is 44.1 Å². The number of methoxy groups -OCH3 is 2. The normalized spacial score (nSPS) is 29.6. The number of hydrogen-bond donors (Lipinski definition) is 2.